The van der Waals surface area contributed by atoms with Crippen LogP contribution in [0, 0.1) is 6.08 Å². The first kappa shape index (κ1) is 15.0. The largest absolute Gasteiger partial charge is 0.393 e. The van der Waals surface area contributed by atoms with E-state index in [-0.39, 0.29) is 30.0 Å². The molecule has 0 bridgehead atoms. The van der Waals surface area contributed by atoms with Crippen molar-refractivity contribution in [3.63, 3.8) is 0 Å². The number of halogens is 1. The average molecular weight is 313 g/mol. The highest BCUT2D eigenvalue weighted by molar-refractivity contribution is 5.81. The maximum atomic E-state index is 13.4. The minimum absolute atomic E-state index is 0.0132. The van der Waals surface area contributed by atoms with Crippen molar-refractivity contribution in [2.75, 3.05) is 26.1 Å². The topological polar surface area (TPSA) is 129 Å². The van der Waals surface area contributed by atoms with E-state index in [1.165, 1.54) is 18.0 Å². The predicted molar refractivity (Wildman–Crippen MR) is 72.1 cm³/mol. The van der Waals surface area contributed by atoms with E-state index >= 15 is 0 Å². The quantitative estimate of drug-likeness (QED) is 0.626. The van der Waals surface area contributed by atoms with Crippen LogP contribution in [0.1, 0.15) is 12.6 Å². The first-order chi connectivity index (χ1) is 10.5. The number of imidazole rings is 1. The van der Waals surface area contributed by atoms with E-state index in [0.29, 0.717) is 0 Å². The zero-order chi connectivity index (χ0) is 15.9. The van der Waals surface area contributed by atoms with E-state index < -0.39 is 30.6 Å². The Labute approximate surface area is 124 Å². The second kappa shape index (κ2) is 5.39. The number of nitrogen functional groups attached to an aromatic ring is 1. The summed E-state index contributed by atoms with van der Waals surface area (Å²) in [5.41, 5.74) is 4.77. The van der Waals surface area contributed by atoms with Crippen molar-refractivity contribution in [3.05, 3.63) is 12.4 Å². The molecule has 0 saturated carbocycles. The fraction of sp³-hybridized carbons (Fsp3) is 0.583. The maximum Gasteiger partial charge on any atom is 0.312 e. The highest BCUT2D eigenvalue weighted by atomic mass is 19.1. The van der Waals surface area contributed by atoms with E-state index in [0.717, 1.165) is 0 Å². The molecule has 1 fully saturated rings. The molecular weight excluding hydrogens is 297 g/mol. The molecule has 1 saturated heterocycles. The molecular formula is C12H16FN5O4. The predicted octanol–water partition coefficient (Wildman–Crippen LogP) is -0.795. The Morgan fingerprint density at radius 3 is 3.05 bits per heavy atom. The van der Waals surface area contributed by atoms with Gasteiger partial charge in [-0.15, -0.1) is 0 Å². The number of hydrogen-bond acceptors (Lipinski definition) is 8. The molecule has 0 radical (unpaired) electrons. The molecule has 0 aliphatic carbocycles. The lowest BCUT2D eigenvalue weighted by atomic mass is 9.99. The number of anilines is 1. The van der Waals surface area contributed by atoms with E-state index in [1.54, 1.807) is 0 Å². The molecule has 120 valence electrons. The van der Waals surface area contributed by atoms with Crippen molar-refractivity contribution in [2.24, 2.45) is 0 Å². The molecule has 3 rings (SSSR count). The van der Waals surface area contributed by atoms with Gasteiger partial charge in [-0.05, 0) is 0 Å². The second-order valence-corrected chi connectivity index (χ2v) is 5.18. The minimum atomic E-state index is -1.24. The fourth-order valence-electron chi connectivity index (χ4n) is 2.66. The monoisotopic (exact) mass is 313 g/mol. The SMILES string of the molecule is COC[C@]1(CO)O[C@@H](n2cnc3c(N)nc(F)nc32)C[C@@H]1O. The summed E-state index contributed by atoms with van der Waals surface area (Å²) in [6.07, 6.45) is -1.07. The normalized spacial score (nSPS) is 28.5. The smallest absolute Gasteiger partial charge is 0.312 e. The molecule has 1 aliphatic heterocycles. The van der Waals surface area contributed by atoms with Gasteiger partial charge in [0.15, 0.2) is 17.0 Å². The number of aliphatic hydroxyl groups excluding tert-OH is 2. The number of aliphatic hydroxyl groups is 2. The molecule has 0 spiro atoms. The summed E-state index contributed by atoms with van der Waals surface area (Å²) >= 11 is 0. The number of nitrogens with two attached hydrogens (primary N) is 1. The summed E-state index contributed by atoms with van der Waals surface area (Å²) in [6, 6.07) is 0. The summed E-state index contributed by atoms with van der Waals surface area (Å²) < 4.78 is 25.6. The Morgan fingerprint density at radius 2 is 2.36 bits per heavy atom. The van der Waals surface area contributed by atoms with E-state index in [4.69, 9.17) is 15.2 Å². The highest BCUT2D eigenvalue weighted by Gasteiger charge is 2.49. The van der Waals surface area contributed by atoms with Gasteiger partial charge >= 0.3 is 6.08 Å². The van der Waals surface area contributed by atoms with Crippen molar-refractivity contribution in [1.29, 1.82) is 0 Å². The van der Waals surface area contributed by atoms with Crippen LogP contribution in [0.3, 0.4) is 0 Å². The van der Waals surface area contributed by atoms with Gasteiger partial charge < -0.3 is 25.4 Å². The summed E-state index contributed by atoms with van der Waals surface area (Å²) in [4.78, 5) is 11.1. The third kappa shape index (κ3) is 2.20. The number of rotatable bonds is 4. The molecule has 0 unspecified atom stereocenters. The number of methoxy groups -OCH3 is 1. The van der Waals surface area contributed by atoms with Crippen LogP contribution in [-0.2, 0) is 9.47 Å². The zero-order valence-corrected chi connectivity index (χ0v) is 11.8. The van der Waals surface area contributed by atoms with Crippen LogP contribution in [-0.4, -0.2) is 61.8 Å². The van der Waals surface area contributed by atoms with Crippen LogP contribution in [0.25, 0.3) is 11.2 Å². The second-order valence-electron chi connectivity index (χ2n) is 5.18. The molecule has 10 heteroatoms. The van der Waals surface area contributed by atoms with Crippen molar-refractivity contribution >= 4 is 17.0 Å². The summed E-state index contributed by atoms with van der Waals surface area (Å²) in [5, 5.41) is 19.7. The molecule has 2 aromatic rings. The zero-order valence-electron chi connectivity index (χ0n) is 11.8. The highest BCUT2D eigenvalue weighted by Crippen LogP contribution is 2.38. The van der Waals surface area contributed by atoms with Crippen LogP contribution in [0.15, 0.2) is 6.33 Å². The van der Waals surface area contributed by atoms with Gasteiger partial charge in [0, 0.05) is 13.5 Å². The van der Waals surface area contributed by atoms with E-state index in [2.05, 4.69) is 15.0 Å². The number of aromatic nitrogens is 4. The molecule has 3 heterocycles. The lowest BCUT2D eigenvalue weighted by Crippen LogP contribution is -2.47. The van der Waals surface area contributed by atoms with Gasteiger partial charge in [0.05, 0.1) is 25.6 Å². The molecule has 0 amide bonds. The van der Waals surface area contributed by atoms with Gasteiger partial charge in [-0.1, -0.05) is 0 Å². The van der Waals surface area contributed by atoms with Crippen molar-refractivity contribution < 1.29 is 24.1 Å². The van der Waals surface area contributed by atoms with E-state index in [1.807, 2.05) is 0 Å². The van der Waals surface area contributed by atoms with Gasteiger partial charge in [0.1, 0.15) is 11.8 Å². The van der Waals surface area contributed by atoms with Crippen LogP contribution in [0.2, 0.25) is 0 Å². The van der Waals surface area contributed by atoms with Gasteiger partial charge in [0.2, 0.25) is 0 Å². The molecule has 22 heavy (non-hydrogen) atoms. The van der Waals surface area contributed by atoms with E-state index in [9.17, 15) is 14.6 Å². The van der Waals surface area contributed by atoms with Crippen LogP contribution >= 0.6 is 0 Å². The average Bonchev–Trinajstić information content (AvgIpc) is 3.02. The minimum Gasteiger partial charge on any atom is -0.393 e. The van der Waals surface area contributed by atoms with Gasteiger partial charge in [-0.3, -0.25) is 4.57 Å². The Morgan fingerprint density at radius 1 is 1.59 bits per heavy atom. The van der Waals surface area contributed by atoms with Gasteiger partial charge in [0.25, 0.3) is 0 Å². The molecule has 4 N–H and O–H groups in total. The Kier molecular flexibility index (Phi) is 3.68. The summed E-state index contributed by atoms with van der Waals surface area (Å²) in [5.74, 6) is -0.0786. The first-order valence-electron chi connectivity index (χ1n) is 6.62. The molecule has 0 aromatic carbocycles. The number of fused-ring (bicyclic) bond motifs is 1. The van der Waals surface area contributed by atoms with Crippen LogP contribution < -0.4 is 5.73 Å². The lowest BCUT2D eigenvalue weighted by molar-refractivity contribution is -0.154. The van der Waals surface area contributed by atoms with Gasteiger partial charge in [-0.2, -0.15) is 14.4 Å². The summed E-state index contributed by atoms with van der Waals surface area (Å²) in [7, 11) is 1.44. The fourth-order valence-corrected chi connectivity index (χ4v) is 2.66. The van der Waals surface area contributed by atoms with Crippen molar-refractivity contribution in [1.82, 2.24) is 19.5 Å². The molecule has 3 atom stereocenters. The number of ether oxygens (including phenoxy) is 2. The Hall–Kier alpha value is -1.88. The third-order valence-electron chi connectivity index (χ3n) is 3.79. The van der Waals surface area contributed by atoms with Crippen molar-refractivity contribution in [2.45, 2.75) is 24.4 Å². The number of hydrogen-bond donors (Lipinski definition) is 3. The Bertz CT molecular complexity index is 695. The third-order valence-corrected chi connectivity index (χ3v) is 3.79. The summed E-state index contributed by atoms with van der Waals surface area (Å²) in [6.45, 7) is -0.407. The lowest BCUT2D eigenvalue weighted by Gasteiger charge is -2.29. The van der Waals surface area contributed by atoms with Gasteiger partial charge in [-0.25, -0.2) is 4.98 Å². The number of nitrogens with zero attached hydrogens (tertiary/aromatic N) is 4. The first-order valence-corrected chi connectivity index (χ1v) is 6.62. The van der Waals surface area contributed by atoms with Crippen LogP contribution in [0.4, 0.5) is 10.2 Å². The van der Waals surface area contributed by atoms with Crippen LogP contribution in [0.5, 0.6) is 0 Å². The molecule has 1 aliphatic rings. The Balaban J connectivity index is 1.99. The maximum absolute atomic E-state index is 13.4. The molecule has 2 aromatic heterocycles. The molecule has 9 nitrogen and oxygen atoms in total. The standard InChI is InChI=1S/C12H16FN5O4/c1-21-4-12(3-19)6(20)2-7(22-12)18-5-15-8-9(14)16-11(13)17-10(8)18/h5-7,19-20H,2-4H2,1H3,(H2,14,16,17)/t6-,7+,12-/m0/s1. The van der Waals surface area contributed by atoms with Crippen molar-refractivity contribution in [3.8, 4) is 0 Å².